The average molecular weight is 528 g/mol. The van der Waals surface area contributed by atoms with Gasteiger partial charge in [0.05, 0.1) is 0 Å². The van der Waals surface area contributed by atoms with E-state index in [1.54, 1.807) is 33.4 Å². The van der Waals surface area contributed by atoms with E-state index < -0.39 is 36.7 Å². The Labute approximate surface area is 224 Å². The fourth-order valence-corrected chi connectivity index (χ4v) is 10.2. The number of hydrogen-bond donors (Lipinski definition) is 0. The molecule has 0 amide bonds. The van der Waals surface area contributed by atoms with Crippen molar-refractivity contribution in [3.8, 4) is 0 Å². The van der Waals surface area contributed by atoms with Crippen LogP contribution in [0.3, 0.4) is 0 Å². The van der Waals surface area contributed by atoms with E-state index in [2.05, 4.69) is 69.2 Å². The Kier molecular flexibility index (Phi) is 11.8. The van der Waals surface area contributed by atoms with E-state index in [0.717, 1.165) is 0 Å². The van der Waals surface area contributed by atoms with E-state index in [0.29, 0.717) is 10.8 Å². The Morgan fingerprint density at radius 2 is 0.792 bits per heavy atom. The zero-order valence-electron chi connectivity index (χ0n) is 16.3. The maximum absolute atomic E-state index is 2.44. The molecule has 0 unspecified atom stereocenters. The monoisotopic (exact) mass is 524 g/mol. The quantitative estimate of drug-likeness (QED) is 0.357. The van der Waals surface area contributed by atoms with Gasteiger partial charge in [-0.05, 0) is 0 Å². The van der Waals surface area contributed by atoms with Gasteiger partial charge < -0.3 is 0 Å². The Hall–Kier alpha value is 2.53. The van der Waals surface area contributed by atoms with E-state index in [9.17, 15) is 0 Å². The number of allylic oxidation sites excluding steroid dienone is 8. The summed E-state index contributed by atoms with van der Waals surface area (Å²) in [7, 11) is 0. The minimum atomic E-state index is -0.997. The summed E-state index contributed by atoms with van der Waals surface area (Å²) in [5, 5.41) is 0. The molecular weight excluding hydrogens is 494 g/mol. The summed E-state index contributed by atoms with van der Waals surface area (Å²) in [6.45, 7) is 23.8. The van der Waals surface area contributed by atoms with Gasteiger partial charge in [0.2, 0.25) is 0 Å². The fourth-order valence-electron chi connectivity index (χ4n) is 3.81. The second-order valence-electron chi connectivity index (χ2n) is 7.88. The predicted octanol–water partition coefficient (Wildman–Crippen LogP) is 6.57. The van der Waals surface area contributed by atoms with E-state index in [1.807, 2.05) is 2.45 Å². The molecule has 4 heteroatoms. The molecule has 0 atom stereocenters. The third kappa shape index (κ3) is 4.57. The van der Waals surface area contributed by atoms with Gasteiger partial charge in [-0.15, -0.1) is 24.8 Å². The SMILES string of the molecule is CC1=C(C)C(C)(C)[C]([Nd][C]2=C(C)C(C)=C(C)C2(C)C)=C1C.Cl.Cl.[KH]. The van der Waals surface area contributed by atoms with Crippen molar-refractivity contribution in [2.24, 2.45) is 10.8 Å². The van der Waals surface area contributed by atoms with Crippen LogP contribution in [0.4, 0.5) is 0 Å². The van der Waals surface area contributed by atoms with Gasteiger partial charge in [0.1, 0.15) is 0 Å². The molecule has 2 rings (SSSR count). The normalized spacial score (nSPS) is 21.6. The number of rotatable bonds is 2. The summed E-state index contributed by atoms with van der Waals surface area (Å²) < 4.78 is 3.64. The van der Waals surface area contributed by atoms with Gasteiger partial charge in [-0.1, -0.05) is 0 Å². The summed E-state index contributed by atoms with van der Waals surface area (Å²) in [6.07, 6.45) is 0. The Morgan fingerprint density at radius 3 is 0.958 bits per heavy atom. The third-order valence-electron chi connectivity index (χ3n) is 6.38. The summed E-state index contributed by atoms with van der Waals surface area (Å²) in [5.74, 6) is 0. The molecule has 0 heterocycles. The Morgan fingerprint density at radius 1 is 0.542 bits per heavy atom. The fraction of sp³-hybridized carbons (Fsp3) is 0.600. The van der Waals surface area contributed by atoms with Gasteiger partial charge in [0, 0.05) is 0 Å². The van der Waals surface area contributed by atoms with Gasteiger partial charge in [0.25, 0.3) is 0 Å². The second-order valence-corrected chi connectivity index (χ2v) is 11.9. The molecule has 0 spiro atoms. The standard InChI is InChI=1S/2C10H15.2ClH.K.Nd.H/c2*1-7-6-10(4,5)9(3)8(7)2;;;;;/h2*1-5H3;2*1H;;;. The van der Waals surface area contributed by atoms with Crippen molar-refractivity contribution in [3.63, 3.8) is 0 Å². The Balaban J connectivity index is 0. The molecule has 2 aliphatic rings. The zero-order chi connectivity index (χ0) is 16.3. The van der Waals surface area contributed by atoms with E-state index in [4.69, 9.17) is 0 Å². The van der Waals surface area contributed by atoms with Crippen molar-refractivity contribution in [1.29, 1.82) is 0 Å². The molecule has 24 heavy (non-hydrogen) atoms. The van der Waals surface area contributed by atoms with Gasteiger partial charge in [-0.2, -0.15) is 0 Å². The van der Waals surface area contributed by atoms with Crippen molar-refractivity contribution in [2.75, 3.05) is 0 Å². The van der Waals surface area contributed by atoms with Gasteiger partial charge in [-0.25, -0.2) is 0 Å². The summed E-state index contributed by atoms with van der Waals surface area (Å²) in [4.78, 5) is 0. The Bertz CT molecular complexity index is 591. The molecule has 0 aliphatic heterocycles. The van der Waals surface area contributed by atoms with Crippen LogP contribution in [-0.4, -0.2) is 51.4 Å². The second kappa shape index (κ2) is 9.83. The van der Waals surface area contributed by atoms with Crippen LogP contribution < -0.4 is 0 Å². The molecule has 0 aromatic rings. The van der Waals surface area contributed by atoms with Crippen LogP contribution in [0.25, 0.3) is 0 Å². The molecule has 0 aromatic heterocycles. The van der Waals surface area contributed by atoms with Crippen LogP contribution in [-0.2, 0) is 0 Å². The van der Waals surface area contributed by atoms with Crippen LogP contribution in [0.2, 0.25) is 0 Å². The number of halogens is 2. The van der Waals surface area contributed by atoms with Crippen molar-refractivity contribution >= 4 is 76.2 Å². The topological polar surface area (TPSA) is 0 Å². The maximum atomic E-state index is 2.44. The number of hydrogen-bond acceptors (Lipinski definition) is 0. The summed E-state index contributed by atoms with van der Waals surface area (Å²) in [6, 6.07) is 0. The van der Waals surface area contributed by atoms with Gasteiger partial charge in [-0.3, -0.25) is 0 Å². The summed E-state index contributed by atoms with van der Waals surface area (Å²) >= 11 is -0.997. The van der Waals surface area contributed by atoms with Crippen molar-refractivity contribution in [1.82, 2.24) is 0 Å². The molecular formula is C20H33Cl2KNd. The minimum absolute atomic E-state index is 0. The molecule has 0 bridgehead atoms. The molecule has 0 nitrogen and oxygen atoms in total. The molecule has 0 radical (unpaired) electrons. The third-order valence-corrected chi connectivity index (χ3v) is 14.4. The summed E-state index contributed by atoms with van der Waals surface area (Å²) in [5.41, 5.74) is 10.1. The molecule has 2 aliphatic carbocycles. The first kappa shape index (κ1) is 28.7. The van der Waals surface area contributed by atoms with E-state index in [-0.39, 0.29) is 76.2 Å². The van der Waals surface area contributed by atoms with Gasteiger partial charge >= 0.3 is 204 Å². The molecule has 0 fully saturated rings. The van der Waals surface area contributed by atoms with E-state index in [1.165, 1.54) is 0 Å². The van der Waals surface area contributed by atoms with Gasteiger partial charge in [0.15, 0.2) is 0 Å². The first-order valence-electron chi connectivity index (χ1n) is 8.00. The molecule has 132 valence electrons. The van der Waals surface area contributed by atoms with Crippen LogP contribution in [0.1, 0.15) is 69.2 Å². The van der Waals surface area contributed by atoms with Crippen LogP contribution in [0, 0.1) is 47.5 Å². The zero-order valence-corrected chi connectivity index (χ0v) is 21.2. The molecule has 0 aromatic carbocycles. The van der Waals surface area contributed by atoms with Crippen molar-refractivity contribution < 1.29 is 36.7 Å². The average Bonchev–Trinajstić information content (AvgIpc) is 2.63. The van der Waals surface area contributed by atoms with E-state index >= 15 is 0 Å². The molecule has 0 saturated heterocycles. The van der Waals surface area contributed by atoms with Crippen LogP contribution >= 0.6 is 24.8 Å². The first-order valence-corrected chi connectivity index (χ1v) is 11.2. The predicted molar refractivity (Wildman–Crippen MR) is 111 cm³/mol. The first-order chi connectivity index (χ1) is 9.44. The van der Waals surface area contributed by atoms with Crippen molar-refractivity contribution in [2.45, 2.75) is 69.2 Å². The van der Waals surface area contributed by atoms with Crippen LogP contribution in [0.15, 0.2) is 35.9 Å². The van der Waals surface area contributed by atoms with Crippen molar-refractivity contribution in [3.05, 3.63) is 35.9 Å². The molecule has 0 N–H and O–H groups in total. The van der Waals surface area contributed by atoms with Crippen LogP contribution in [0.5, 0.6) is 0 Å². The molecule has 0 saturated carbocycles.